The SMILES string of the molecule is CN1CCN(C2CCN(C3(CC=O)CC(n4nc(-c5ccccc5)[nH]c4=O)CC[N@+]3(Cc3ccc(Cl)c(Cl)c3)C(=O)[O-])CC2)CC1. The monoisotopic (exact) mass is 669 g/mol. The molecule has 3 atom stereocenters. The van der Waals surface area contributed by atoms with Gasteiger partial charge < -0.3 is 19.6 Å². The van der Waals surface area contributed by atoms with Gasteiger partial charge in [-0.1, -0.05) is 59.6 Å². The molecular weight excluding hydrogens is 629 g/mol. The van der Waals surface area contributed by atoms with Crippen molar-refractivity contribution in [2.24, 2.45) is 0 Å². The molecule has 13 heteroatoms. The Morgan fingerprint density at radius 1 is 1.02 bits per heavy atom. The molecule has 246 valence electrons. The van der Waals surface area contributed by atoms with Gasteiger partial charge in [0, 0.05) is 69.3 Å². The van der Waals surface area contributed by atoms with Crippen molar-refractivity contribution < 1.29 is 19.2 Å². The molecule has 0 saturated carbocycles. The summed E-state index contributed by atoms with van der Waals surface area (Å²) < 4.78 is 0.964. The number of aromatic amines is 1. The van der Waals surface area contributed by atoms with Crippen LogP contribution in [0.15, 0.2) is 53.3 Å². The number of likely N-dealkylation sites (tertiary alicyclic amines) is 2. The van der Waals surface area contributed by atoms with Crippen molar-refractivity contribution in [3.8, 4) is 11.4 Å². The van der Waals surface area contributed by atoms with Crippen molar-refractivity contribution in [3.05, 3.63) is 74.6 Å². The molecule has 3 aliphatic rings. The van der Waals surface area contributed by atoms with Crippen molar-refractivity contribution in [2.75, 3.05) is 52.9 Å². The molecule has 0 bridgehead atoms. The van der Waals surface area contributed by atoms with Gasteiger partial charge in [-0.25, -0.2) is 9.48 Å². The fourth-order valence-corrected chi connectivity index (χ4v) is 8.33. The number of carbonyl (C=O) groups excluding carboxylic acids is 2. The lowest BCUT2D eigenvalue weighted by Crippen LogP contribution is -2.79. The van der Waals surface area contributed by atoms with Gasteiger partial charge in [-0.15, -0.1) is 5.10 Å². The molecule has 3 fully saturated rings. The van der Waals surface area contributed by atoms with E-state index >= 15 is 0 Å². The van der Waals surface area contributed by atoms with Gasteiger partial charge in [-0.2, -0.15) is 0 Å². The fraction of sp³-hybridized carbons (Fsp3) is 0.515. The zero-order valence-electron chi connectivity index (χ0n) is 26.1. The maximum absolute atomic E-state index is 13.6. The number of hydrogen-bond donors (Lipinski definition) is 1. The molecule has 0 spiro atoms. The average Bonchev–Trinajstić information content (AvgIpc) is 3.46. The number of hydrogen-bond acceptors (Lipinski definition) is 8. The summed E-state index contributed by atoms with van der Waals surface area (Å²) in [7, 11) is 2.14. The van der Waals surface area contributed by atoms with Gasteiger partial charge in [0.1, 0.15) is 12.8 Å². The molecule has 2 unspecified atom stereocenters. The van der Waals surface area contributed by atoms with Crippen molar-refractivity contribution in [1.82, 2.24) is 29.5 Å². The summed E-state index contributed by atoms with van der Waals surface area (Å²) in [5.41, 5.74) is -0.0918. The van der Waals surface area contributed by atoms with Gasteiger partial charge in [-0.05, 0) is 32.0 Å². The molecular formula is C33H41Cl2N7O4. The number of H-pyrrole nitrogens is 1. The maximum Gasteiger partial charge on any atom is 0.343 e. The number of aldehydes is 1. The highest BCUT2D eigenvalue weighted by Crippen LogP contribution is 2.47. The average molecular weight is 671 g/mol. The molecule has 3 aliphatic heterocycles. The minimum atomic E-state index is -1.26. The third-order valence-electron chi connectivity index (χ3n) is 10.5. The van der Waals surface area contributed by atoms with E-state index < -0.39 is 22.3 Å². The number of rotatable bonds is 8. The van der Waals surface area contributed by atoms with Gasteiger partial charge in [-0.3, -0.25) is 19.3 Å². The first-order chi connectivity index (χ1) is 22.2. The van der Waals surface area contributed by atoms with Gasteiger partial charge in [0.2, 0.25) is 0 Å². The highest BCUT2D eigenvalue weighted by Gasteiger charge is 2.61. The summed E-state index contributed by atoms with van der Waals surface area (Å²) in [6.45, 7) is 5.50. The van der Waals surface area contributed by atoms with Crippen molar-refractivity contribution in [3.63, 3.8) is 0 Å². The lowest BCUT2D eigenvalue weighted by atomic mass is 9.82. The number of nitrogens with zero attached hydrogens (tertiary/aromatic N) is 6. The normalized spacial score (nSPS) is 27.1. The first-order valence-electron chi connectivity index (χ1n) is 16.0. The lowest BCUT2D eigenvalue weighted by Gasteiger charge is -2.61. The highest BCUT2D eigenvalue weighted by atomic mass is 35.5. The van der Waals surface area contributed by atoms with Crippen LogP contribution >= 0.6 is 23.2 Å². The van der Waals surface area contributed by atoms with E-state index in [1.165, 1.54) is 4.68 Å². The number of piperazine rings is 1. The van der Waals surface area contributed by atoms with Crippen LogP contribution in [-0.4, -0.2) is 111 Å². The molecule has 0 aliphatic carbocycles. The van der Waals surface area contributed by atoms with Gasteiger partial charge in [0.05, 0.1) is 29.1 Å². The minimum Gasteiger partial charge on any atom is -0.498 e. The van der Waals surface area contributed by atoms with E-state index in [9.17, 15) is 19.5 Å². The first kappa shape index (κ1) is 32.9. The minimum absolute atomic E-state index is 0.0390. The molecule has 0 radical (unpaired) electrons. The Morgan fingerprint density at radius 2 is 1.74 bits per heavy atom. The van der Waals surface area contributed by atoms with Gasteiger partial charge >= 0.3 is 5.69 Å². The Kier molecular flexibility index (Phi) is 9.70. The van der Waals surface area contributed by atoms with Crippen molar-refractivity contribution >= 4 is 35.6 Å². The molecule has 3 saturated heterocycles. The lowest BCUT2D eigenvalue weighted by molar-refractivity contribution is -0.956. The van der Waals surface area contributed by atoms with Crippen molar-refractivity contribution in [1.29, 1.82) is 0 Å². The van der Waals surface area contributed by atoms with E-state index in [-0.39, 0.29) is 31.6 Å². The standard InChI is InChI=1S/C33H41Cl2N7O4/c1-38-15-17-39(18-16-38)26-9-13-40(14-10-26)33(12-20-43)22-27(41-31(44)36-30(37-41)25-5-3-2-4-6-25)11-19-42(33,32(45)46)23-24-7-8-28(34)29(35)21-24/h2-8,20-21,26-27H,9-19,22-23H2,1H3,(H-,36,37,44,45,46)/t27?,33?,42-/m0/s1. The third-order valence-corrected chi connectivity index (χ3v) is 11.3. The predicted molar refractivity (Wildman–Crippen MR) is 174 cm³/mol. The predicted octanol–water partition coefficient (Wildman–Crippen LogP) is 3.24. The van der Waals surface area contributed by atoms with Crippen LogP contribution in [-0.2, 0) is 11.3 Å². The third kappa shape index (κ3) is 6.16. The van der Waals surface area contributed by atoms with E-state index in [1.807, 2.05) is 30.3 Å². The Hall–Kier alpha value is -3.06. The van der Waals surface area contributed by atoms with E-state index in [0.29, 0.717) is 47.0 Å². The topological polar surface area (TPSA) is 118 Å². The number of likely N-dealkylation sites (N-methyl/N-ethyl adjacent to an activating group) is 1. The molecule has 46 heavy (non-hydrogen) atoms. The molecule has 4 heterocycles. The number of aromatic nitrogens is 3. The van der Waals surface area contributed by atoms with Crippen LogP contribution in [0.5, 0.6) is 0 Å². The highest BCUT2D eigenvalue weighted by molar-refractivity contribution is 6.42. The second kappa shape index (κ2) is 13.6. The number of carboxylic acid groups (broad SMARTS) is 1. The Morgan fingerprint density at radius 3 is 2.39 bits per heavy atom. The molecule has 2 aromatic carbocycles. The molecule has 3 aromatic rings. The van der Waals surface area contributed by atoms with E-state index in [4.69, 9.17) is 23.2 Å². The van der Waals surface area contributed by atoms with Crippen LogP contribution in [0, 0.1) is 0 Å². The zero-order valence-corrected chi connectivity index (χ0v) is 27.6. The van der Waals surface area contributed by atoms with E-state index in [0.717, 1.165) is 50.9 Å². The van der Waals surface area contributed by atoms with Crippen LogP contribution in [0.4, 0.5) is 4.79 Å². The summed E-state index contributed by atoms with van der Waals surface area (Å²) in [6.07, 6.45) is 1.83. The number of amides is 1. The number of quaternary nitrogens is 1. The number of nitrogens with one attached hydrogen (secondary N) is 1. The first-order valence-corrected chi connectivity index (χ1v) is 16.8. The quantitative estimate of drug-likeness (QED) is 0.287. The maximum atomic E-state index is 13.6. The number of piperidine rings is 2. The van der Waals surface area contributed by atoms with Crippen LogP contribution < -0.4 is 10.8 Å². The Bertz CT molecular complexity index is 1600. The molecule has 6 rings (SSSR count). The Labute approximate surface area is 278 Å². The van der Waals surface area contributed by atoms with E-state index in [1.54, 1.807) is 18.2 Å². The Balaban J connectivity index is 1.38. The van der Waals surface area contributed by atoms with Crippen LogP contribution in [0.1, 0.15) is 43.7 Å². The number of benzene rings is 2. The summed E-state index contributed by atoms with van der Waals surface area (Å²) in [5.74, 6) is 0.446. The van der Waals surface area contributed by atoms with Crippen LogP contribution in [0.3, 0.4) is 0 Å². The molecule has 1 N–H and O–H groups in total. The van der Waals surface area contributed by atoms with Gasteiger partial charge in [0.25, 0.3) is 6.09 Å². The van der Waals surface area contributed by atoms with Gasteiger partial charge in [0.15, 0.2) is 11.5 Å². The number of carbonyl (C=O) groups is 2. The van der Waals surface area contributed by atoms with Crippen LogP contribution in [0.25, 0.3) is 11.4 Å². The summed E-state index contributed by atoms with van der Waals surface area (Å²) >= 11 is 12.6. The second-order valence-corrected chi connectivity index (χ2v) is 13.8. The van der Waals surface area contributed by atoms with Crippen molar-refractivity contribution in [2.45, 2.75) is 56.4 Å². The van der Waals surface area contributed by atoms with E-state index in [2.05, 4.69) is 31.8 Å². The number of halogens is 2. The fourth-order valence-electron chi connectivity index (χ4n) is 8.01. The van der Waals surface area contributed by atoms with Crippen LogP contribution in [0.2, 0.25) is 10.0 Å². The molecule has 1 aromatic heterocycles. The molecule has 11 nitrogen and oxygen atoms in total. The molecule has 1 amide bonds. The zero-order chi connectivity index (χ0) is 32.5. The smallest absolute Gasteiger partial charge is 0.343 e. The summed E-state index contributed by atoms with van der Waals surface area (Å²) in [4.78, 5) is 49.5. The second-order valence-electron chi connectivity index (χ2n) is 13.0. The summed E-state index contributed by atoms with van der Waals surface area (Å²) in [6, 6.07) is 14.5. The summed E-state index contributed by atoms with van der Waals surface area (Å²) in [5, 5.41) is 19.0. The largest absolute Gasteiger partial charge is 0.498 e.